The topological polar surface area (TPSA) is 17.1 Å². The van der Waals surface area contributed by atoms with Crippen molar-refractivity contribution in [2.45, 2.75) is 41.0 Å². The Labute approximate surface area is 93.5 Å². The highest BCUT2D eigenvalue weighted by Crippen LogP contribution is 2.10. The lowest BCUT2D eigenvalue weighted by Gasteiger charge is -2.07. The molecule has 84 valence electrons. The average molecular weight is 206 g/mol. The number of Topliss-reactive ketones (excluding diaryl/α,β-unsaturated/α-hetero) is 1. The fourth-order valence-corrected chi connectivity index (χ4v) is 1.34. The molecular weight excluding hydrogens is 184 g/mol. The van der Waals surface area contributed by atoms with Gasteiger partial charge in [-0.15, -0.1) is 0 Å². The Morgan fingerprint density at radius 2 is 1.93 bits per heavy atom. The molecule has 1 heteroatoms. The first kappa shape index (κ1) is 13.9. The van der Waals surface area contributed by atoms with E-state index >= 15 is 0 Å². The van der Waals surface area contributed by atoms with E-state index in [1.807, 2.05) is 26.8 Å². The lowest BCUT2D eigenvalue weighted by atomic mass is 9.97. The molecule has 1 nitrogen and oxygen atoms in total. The SMILES string of the molecule is CC.CC(=O)[C@@H](C)Cc1cccc(C)c1. The summed E-state index contributed by atoms with van der Waals surface area (Å²) in [5, 5.41) is 0. The van der Waals surface area contributed by atoms with E-state index in [1.165, 1.54) is 11.1 Å². The second kappa shape index (κ2) is 7.22. The largest absolute Gasteiger partial charge is 0.300 e. The van der Waals surface area contributed by atoms with Crippen LogP contribution >= 0.6 is 0 Å². The van der Waals surface area contributed by atoms with Crippen LogP contribution < -0.4 is 0 Å². The summed E-state index contributed by atoms with van der Waals surface area (Å²) in [4.78, 5) is 11.0. The Bertz CT molecular complexity index is 302. The molecule has 0 radical (unpaired) electrons. The molecule has 0 amide bonds. The van der Waals surface area contributed by atoms with Crippen molar-refractivity contribution in [3.8, 4) is 0 Å². The summed E-state index contributed by atoms with van der Waals surface area (Å²) in [6.45, 7) is 9.70. The van der Waals surface area contributed by atoms with Crippen LogP contribution in [-0.4, -0.2) is 5.78 Å². The van der Waals surface area contributed by atoms with Crippen LogP contribution in [0.2, 0.25) is 0 Å². The van der Waals surface area contributed by atoms with Gasteiger partial charge >= 0.3 is 0 Å². The van der Waals surface area contributed by atoms with Gasteiger partial charge in [0.15, 0.2) is 0 Å². The molecule has 0 fully saturated rings. The molecule has 0 heterocycles. The molecular formula is C14H22O. The number of benzene rings is 1. The van der Waals surface area contributed by atoms with Crippen LogP contribution in [-0.2, 0) is 11.2 Å². The van der Waals surface area contributed by atoms with E-state index in [1.54, 1.807) is 6.92 Å². The number of carbonyl (C=O) groups is 1. The summed E-state index contributed by atoms with van der Waals surface area (Å²) in [7, 11) is 0. The van der Waals surface area contributed by atoms with Gasteiger partial charge in [-0.25, -0.2) is 0 Å². The van der Waals surface area contributed by atoms with E-state index in [2.05, 4.69) is 25.1 Å². The van der Waals surface area contributed by atoms with Crippen molar-refractivity contribution in [3.05, 3.63) is 35.4 Å². The molecule has 0 aliphatic carbocycles. The van der Waals surface area contributed by atoms with Crippen molar-refractivity contribution >= 4 is 5.78 Å². The fourth-order valence-electron chi connectivity index (χ4n) is 1.34. The molecule has 0 aliphatic rings. The first-order chi connectivity index (χ1) is 7.09. The number of hydrogen-bond acceptors (Lipinski definition) is 1. The summed E-state index contributed by atoms with van der Waals surface area (Å²) in [5.41, 5.74) is 2.51. The van der Waals surface area contributed by atoms with Gasteiger partial charge < -0.3 is 0 Å². The first-order valence-electron chi connectivity index (χ1n) is 5.65. The first-order valence-corrected chi connectivity index (χ1v) is 5.65. The zero-order valence-electron chi connectivity index (χ0n) is 10.5. The van der Waals surface area contributed by atoms with E-state index in [9.17, 15) is 4.79 Å². The van der Waals surface area contributed by atoms with E-state index in [-0.39, 0.29) is 11.7 Å². The van der Waals surface area contributed by atoms with Gasteiger partial charge in [-0.3, -0.25) is 4.79 Å². The molecule has 0 saturated heterocycles. The minimum absolute atomic E-state index is 0.141. The number of ketones is 1. The molecule has 0 aliphatic heterocycles. The minimum atomic E-state index is 0.141. The van der Waals surface area contributed by atoms with E-state index in [0.717, 1.165) is 6.42 Å². The second-order valence-corrected chi connectivity index (χ2v) is 3.70. The number of carbonyl (C=O) groups excluding carboxylic acids is 1. The molecule has 1 aromatic carbocycles. The normalized spacial score (nSPS) is 11.3. The van der Waals surface area contributed by atoms with Gasteiger partial charge in [0.25, 0.3) is 0 Å². The smallest absolute Gasteiger partial charge is 0.132 e. The third kappa shape index (κ3) is 5.36. The maximum Gasteiger partial charge on any atom is 0.132 e. The van der Waals surface area contributed by atoms with Gasteiger partial charge in [0.1, 0.15) is 5.78 Å². The Kier molecular flexibility index (Phi) is 6.68. The molecule has 0 saturated carbocycles. The Balaban J connectivity index is 0.000000921. The summed E-state index contributed by atoms with van der Waals surface area (Å²) in [6.07, 6.45) is 0.858. The summed E-state index contributed by atoms with van der Waals surface area (Å²) in [5.74, 6) is 0.406. The molecule has 1 rings (SSSR count). The predicted octanol–water partition coefficient (Wildman–Crippen LogP) is 3.79. The lowest BCUT2D eigenvalue weighted by Crippen LogP contribution is -2.09. The highest BCUT2D eigenvalue weighted by molar-refractivity contribution is 5.78. The van der Waals surface area contributed by atoms with E-state index in [4.69, 9.17) is 0 Å². The van der Waals surface area contributed by atoms with Crippen molar-refractivity contribution in [1.29, 1.82) is 0 Å². The van der Waals surface area contributed by atoms with Crippen LogP contribution in [0.25, 0.3) is 0 Å². The Morgan fingerprint density at radius 1 is 1.33 bits per heavy atom. The van der Waals surface area contributed by atoms with E-state index < -0.39 is 0 Å². The zero-order valence-corrected chi connectivity index (χ0v) is 10.5. The number of aryl methyl sites for hydroxylation is 1. The van der Waals surface area contributed by atoms with Crippen LogP contribution in [0.3, 0.4) is 0 Å². The summed E-state index contributed by atoms with van der Waals surface area (Å²) < 4.78 is 0. The number of rotatable bonds is 3. The number of hydrogen-bond donors (Lipinski definition) is 0. The molecule has 0 unspecified atom stereocenters. The second-order valence-electron chi connectivity index (χ2n) is 3.70. The van der Waals surface area contributed by atoms with Crippen LogP contribution in [0.1, 0.15) is 38.8 Å². The molecule has 1 aromatic rings. The van der Waals surface area contributed by atoms with Crippen LogP contribution in [0.15, 0.2) is 24.3 Å². The summed E-state index contributed by atoms with van der Waals surface area (Å²) >= 11 is 0. The molecule has 0 aromatic heterocycles. The van der Waals surface area contributed by atoms with Gasteiger partial charge in [-0.05, 0) is 25.8 Å². The highest BCUT2D eigenvalue weighted by atomic mass is 16.1. The monoisotopic (exact) mass is 206 g/mol. The Hall–Kier alpha value is -1.11. The van der Waals surface area contributed by atoms with Crippen LogP contribution in [0.4, 0.5) is 0 Å². The lowest BCUT2D eigenvalue weighted by molar-refractivity contribution is -0.120. The van der Waals surface area contributed by atoms with Crippen molar-refractivity contribution < 1.29 is 4.79 Å². The van der Waals surface area contributed by atoms with E-state index in [0.29, 0.717) is 0 Å². The van der Waals surface area contributed by atoms with Crippen molar-refractivity contribution in [2.75, 3.05) is 0 Å². The standard InChI is InChI=1S/C12H16O.C2H6/c1-9-5-4-6-12(7-9)8-10(2)11(3)13;1-2/h4-7,10H,8H2,1-3H3;1-2H3/t10-;/m0./s1. The van der Waals surface area contributed by atoms with Gasteiger partial charge in [0.2, 0.25) is 0 Å². The highest BCUT2D eigenvalue weighted by Gasteiger charge is 2.07. The van der Waals surface area contributed by atoms with Gasteiger partial charge in [-0.1, -0.05) is 50.6 Å². The molecule has 0 N–H and O–H groups in total. The third-order valence-electron chi connectivity index (χ3n) is 2.32. The van der Waals surface area contributed by atoms with Gasteiger partial charge in [0, 0.05) is 5.92 Å². The maximum atomic E-state index is 11.0. The van der Waals surface area contributed by atoms with Gasteiger partial charge in [0.05, 0.1) is 0 Å². The van der Waals surface area contributed by atoms with Crippen LogP contribution in [0.5, 0.6) is 0 Å². The van der Waals surface area contributed by atoms with Gasteiger partial charge in [-0.2, -0.15) is 0 Å². The third-order valence-corrected chi connectivity index (χ3v) is 2.32. The quantitative estimate of drug-likeness (QED) is 0.735. The van der Waals surface area contributed by atoms with Crippen molar-refractivity contribution in [3.63, 3.8) is 0 Å². The molecule has 0 bridgehead atoms. The maximum absolute atomic E-state index is 11.0. The minimum Gasteiger partial charge on any atom is -0.300 e. The Morgan fingerprint density at radius 3 is 2.40 bits per heavy atom. The molecule has 1 atom stereocenters. The zero-order chi connectivity index (χ0) is 11.8. The van der Waals surface area contributed by atoms with Crippen molar-refractivity contribution in [2.24, 2.45) is 5.92 Å². The fraction of sp³-hybridized carbons (Fsp3) is 0.500. The average Bonchev–Trinajstić information content (AvgIpc) is 2.20. The predicted molar refractivity (Wildman–Crippen MR) is 66.1 cm³/mol. The summed E-state index contributed by atoms with van der Waals surface area (Å²) in [6, 6.07) is 8.32. The molecule has 0 spiro atoms. The van der Waals surface area contributed by atoms with Crippen LogP contribution in [0, 0.1) is 12.8 Å². The molecule has 15 heavy (non-hydrogen) atoms. The van der Waals surface area contributed by atoms with Crippen molar-refractivity contribution in [1.82, 2.24) is 0 Å².